The van der Waals surface area contributed by atoms with Gasteiger partial charge in [-0.2, -0.15) is 0 Å². The van der Waals surface area contributed by atoms with Gasteiger partial charge >= 0.3 is 0 Å². The highest BCUT2D eigenvalue weighted by atomic mass is 79.9. The summed E-state index contributed by atoms with van der Waals surface area (Å²) in [6.07, 6.45) is 0.650. The van der Waals surface area contributed by atoms with E-state index in [1.807, 2.05) is 24.3 Å². The van der Waals surface area contributed by atoms with Crippen molar-refractivity contribution in [3.05, 3.63) is 69.9 Å². The van der Waals surface area contributed by atoms with Crippen molar-refractivity contribution in [2.75, 3.05) is 6.54 Å². The molecule has 19 heavy (non-hydrogen) atoms. The molecule has 0 saturated heterocycles. The van der Waals surface area contributed by atoms with Crippen LogP contribution < -0.4 is 5.32 Å². The topological polar surface area (TPSA) is 12.0 Å². The molecule has 0 saturated carbocycles. The van der Waals surface area contributed by atoms with E-state index in [-0.39, 0.29) is 11.9 Å². The van der Waals surface area contributed by atoms with Crippen LogP contribution in [0, 0.1) is 5.82 Å². The van der Waals surface area contributed by atoms with E-state index < -0.39 is 0 Å². The Morgan fingerprint density at radius 1 is 1.16 bits per heavy atom. The lowest BCUT2D eigenvalue weighted by Gasteiger charge is -2.19. The first-order chi connectivity index (χ1) is 9.20. The number of hydrogen-bond donors (Lipinski definition) is 1. The summed E-state index contributed by atoms with van der Waals surface area (Å²) in [5.41, 5.74) is 1.91. The number of halogens is 2. The van der Waals surface area contributed by atoms with Gasteiger partial charge in [0.05, 0.1) is 0 Å². The summed E-state index contributed by atoms with van der Waals surface area (Å²) in [6, 6.07) is 15.2. The Morgan fingerprint density at radius 2 is 1.95 bits per heavy atom. The molecule has 0 aliphatic carbocycles. The fourth-order valence-corrected chi connectivity index (χ4v) is 2.58. The summed E-state index contributed by atoms with van der Waals surface area (Å²) in [5.74, 6) is -0.139. The molecule has 0 radical (unpaired) electrons. The first-order valence-electron chi connectivity index (χ1n) is 6.43. The summed E-state index contributed by atoms with van der Waals surface area (Å²) in [6.45, 7) is 2.91. The zero-order valence-corrected chi connectivity index (χ0v) is 12.5. The highest BCUT2D eigenvalue weighted by Crippen LogP contribution is 2.22. The van der Waals surface area contributed by atoms with Gasteiger partial charge in [0, 0.05) is 10.5 Å². The summed E-state index contributed by atoms with van der Waals surface area (Å²) in [7, 11) is 0. The molecule has 0 amide bonds. The third kappa shape index (κ3) is 3.88. The first kappa shape index (κ1) is 14.2. The van der Waals surface area contributed by atoms with Crippen molar-refractivity contribution in [1.29, 1.82) is 0 Å². The van der Waals surface area contributed by atoms with Gasteiger partial charge in [0.2, 0.25) is 0 Å². The van der Waals surface area contributed by atoms with Gasteiger partial charge in [0.1, 0.15) is 5.82 Å². The molecule has 1 nitrogen and oxygen atoms in total. The smallest absolute Gasteiger partial charge is 0.126 e. The summed E-state index contributed by atoms with van der Waals surface area (Å²) >= 11 is 3.48. The van der Waals surface area contributed by atoms with E-state index in [1.54, 1.807) is 6.07 Å². The maximum atomic E-state index is 13.7. The Bertz CT molecular complexity index is 542. The van der Waals surface area contributed by atoms with Crippen LogP contribution in [0.4, 0.5) is 4.39 Å². The molecule has 1 atom stereocenters. The van der Waals surface area contributed by atoms with Crippen molar-refractivity contribution in [1.82, 2.24) is 5.32 Å². The molecule has 0 fully saturated rings. The number of nitrogens with one attached hydrogen (secondary N) is 1. The monoisotopic (exact) mass is 321 g/mol. The molecule has 0 heterocycles. The van der Waals surface area contributed by atoms with Crippen LogP contribution in [0.15, 0.2) is 53.0 Å². The minimum Gasteiger partial charge on any atom is -0.310 e. The fraction of sp³-hybridized carbons (Fsp3) is 0.250. The van der Waals surface area contributed by atoms with Gasteiger partial charge in [-0.15, -0.1) is 0 Å². The Kier molecular flexibility index (Phi) is 5.11. The SMILES string of the molecule is CCNC(Cc1ccccc1F)c1cccc(Br)c1. The van der Waals surface area contributed by atoms with Crippen molar-refractivity contribution in [3.63, 3.8) is 0 Å². The Labute approximate surface area is 122 Å². The third-order valence-electron chi connectivity index (χ3n) is 3.08. The van der Waals surface area contributed by atoms with Crippen molar-refractivity contribution >= 4 is 15.9 Å². The van der Waals surface area contributed by atoms with E-state index >= 15 is 0 Å². The Balaban J connectivity index is 2.24. The van der Waals surface area contributed by atoms with E-state index in [2.05, 4.69) is 40.3 Å². The van der Waals surface area contributed by atoms with Crippen molar-refractivity contribution in [2.24, 2.45) is 0 Å². The molecule has 2 aromatic rings. The second-order valence-electron chi connectivity index (χ2n) is 4.46. The standard InChI is InChI=1S/C16H17BrFN/c1-2-19-16(13-7-5-8-14(17)10-13)11-12-6-3-4-9-15(12)18/h3-10,16,19H,2,11H2,1H3. The van der Waals surface area contributed by atoms with Crippen molar-refractivity contribution in [2.45, 2.75) is 19.4 Å². The molecule has 2 rings (SSSR count). The van der Waals surface area contributed by atoms with E-state index in [0.29, 0.717) is 6.42 Å². The molecule has 100 valence electrons. The van der Waals surface area contributed by atoms with E-state index in [1.165, 1.54) is 11.6 Å². The van der Waals surface area contributed by atoms with Gasteiger partial charge in [-0.25, -0.2) is 4.39 Å². The van der Waals surface area contributed by atoms with Crippen LogP contribution in [0.25, 0.3) is 0 Å². The van der Waals surface area contributed by atoms with Crippen molar-refractivity contribution < 1.29 is 4.39 Å². The average molecular weight is 322 g/mol. The van der Waals surface area contributed by atoms with Crippen LogP contribution in [0.3, 0.4) is 0 Å². The molecule has 0 bridgehead atoms. The largest absolute Gasteiger partial charge is 0.310 e. The normalized spacial score (nSPS) is 12.4. The maximum Gasteiger partial charge on any atom is 0.126 e. The van der Waals surface area contributed by atoms with Gasteiger partial charge in [0.15, 0.2) is 0 Å². The Hall–Kier alpha value is -1.19. The second-order valence-corrected chi connectivity index (χ2v) is 5.38. The second kappa shape index (κ2) is 6.83. The molecule has 1 N–H and O–H groups in total. The molecule has 3 heteroatoms. The lowest BCUT2D eigenvalue weighted by Crippen LogP contribution is -2.23. The molecular weight excluding hydrogens is 305 g/mol. The van der Waals surface area contributed by atoms with Crippen LogP contribution >= 0.6 is 15.9 Å². The molecule has 0 spiro atoms. The summed E-state index contributed by atoms with van der Waals surface area (Å²) in [5, 5.41) is 3.41. The van der Waals surface area contributed by atoms with Gasteiger partial charge in [-0.05, 0) is 42.3 Å². The molecule has 0 aliphatic rings. The molecule has 2 aromatic carbocycles. The fourth-order valence-electron chi connectivity index (χ4n) is 2.16. The number of benzene rings is 2. The van der Waals surface area contributed by atoms with E-state index in [0.717, 1.165) is 16.6 Å². The van der Waals surface area contributed by atoms with Gasteiger partial charge in [0.25, 0.3) is 0 Å². The zero-order chi connectivity index (χ0) is 13.7. The highest BCUT2D eigenvalue weighted by Gasteiger charge is 2.13. The third-order valence-corrected chi connectivity index (χ3v) is 3.58. The van der Waals surface area contributed by atoms with E-state index in [9.17, 15) is 4.39 Å². The van der Waals surface area contributed by atoms with Crippen LogP contribution in [0.5, 0.6) is 0 Å². The molecule has 0 aromatic heterocycles. The minimum absolute atomic E-state index is 0.124. The highest BCUT2D eigenvalue weighted by molar-refractivity contribution is 9.10. The predicted octanol–water partition coefficient (Wildman–Crippen LogP) is 4.48. The molecular formula is C16H17BrFN. The van der Waals surface area contributed by atoms with Crippen LogP contribution in [-0.4, -0.2) is 6.54 Å². The lowest BCUT2D eigenvalue weighted by atomic mass is 9.98. The zero-order valence-electron chi connectivity index (χ0n) is 10.9. The summed E-state index contributed by atoms with van der Waals surface area (Å²) < 4.78 is 14.8. The average Bonchev–Trinajstić information content (AvgIpc) is 2.40. The van der Waals surface area contributed by atoms with E-state index in [4.69, 9.17) is 0 Å². The van der Waals surface area contributed by atoms with Gasteiger partial charge < -0.3 is 5.32 Å². The Morgan fingerprint density at radius 3 is 2.63 bits per heavy atom. The first-order valence-corrected chi connectivity index (χ1v) is 7.22. The molecule has 0 aliphatic heterocycles. The van der Waals surface area contributed by atoms with Crippen LogP contribution in [0.2, 0.25) is 0 Å². The number of hydrogen-bond acceptors (Lipinski definition) is 1. The predicted molar refractivity (Wildman–Crippen MR) is 80.7 cm³/mol. The summed E-state index contributed by atoms with van der Waals surface area (Å²) in [4.78, 5) is 0. The van der Waals surface area contributed by atoms with Gasteiger partial charge in [-0.1, -0.05) is 53.2 Å². The van der Waals surface area contributed by atoms with Crippen LogP contribution in [0.1, 0.15) is 24.1 Å². The number of likely N-dealkylation sites (N-methyl/N-ethyl adjacent to an activating group) is 1. The number of rotatable bonds is 5. The maximum absolute atomic E-state index is 13.7. The van der Waals surface area contributed by atoms with Crippen molar-refractivity contribution in [3.8, 4) is 0 Å². The van der Waals surface area contributed by atoms with Crippen LogP contribution in [-0.2, 0) is 6.42 Å². The minimum atomic E-state index is -0.139. The molecule has 1 unspecified atom stereocenters. The quantitative estimate of drug-likeness (QED) is 0.856. The van der Waals surface area contributed by atoms with Gasteiger partial charge in [-0.3, -0.25) is 0 Å². The lowest BCUT2D eigenvalue weighted by molar-refractivity contribution is 0.528.